The largest absolute Gasteiger partial charge is 0.484 e. The number of rotatable bonds is 9. The summed E-state index contributed by atoms with van der Waals surface area (Å²) in [6.45, 7) is 7.59. The van der Waals surface area contributed by atoms with Crippen LogP contribution in [0.5, 0.6) is 5.75 Å². The van der Waals surface area contributed by atoms with Gasteiger partial charge in [-0.15, -0.1) is 0 Å². The molecule has 8 nitrogen and oxygen atoms in total. The Morgan fingerprint density at radius 2 is 1.50 bits per heavy atom. The molecule has 38 heavy (non-hydrogen) atoms. The van der Waals surface area contributed by atoms with Gasteiger partial charge in [-0.3, -0.25) is 9.52 Å². The predicted octanol–water partition coefficient (Wildman–Crippen LogP) is 5.24. The highest BCUT2D eigenvalue weighted by Gasteiger charge is 2.22. The summed E-state index contributed by atoms with van der Waals surface area (Å²) in [5.74, 6) is 0.881. The van der Waals surface area contributed by atoms with Crippen LogP contribution in [-0.2, 0) is 20.2 Å². The summed E-state index contributed by atoms with van der Waals surface area (Å²) in [7, 11) is -3.85. The van der Waals surface area contributed by atoms with Crippen LogP contribution in [-0.4, -0.2) is 30.9 Å². The van der Waals surface area contributed by atoms with Crippen LogP contribution in [0.25, 0.3) is 0 Å². The van der Waals surface area contributed by atoms with Crippen molar-refractivity contribution in [3.63, 3.8) is 0 Å². The third-order valence-electron chi connectivity index (χ3n) is 6.09. The molecule has 3 aromatic carbocycles. The molecule has 1 heterocycles. The molecule has 1 amide bonds. The SMILES string of the molecule is Cc1cc(NS(=O)(=O)c2ccc(NC(=O)COc3ccc(C(C)(C)c4ccccc4)cc3)cc2)nc(C)n1. The Morgan fingerprint density at radius 3 is 2.13 bits per heavy atom. The van der Waals surface area contributed by atoms with E-state index < -0.39 is 10.0 Å². The van der Waals surface area contributed by atoms with E-state index in [1.54, 1.807) is 19.9 Å². The molecule has 0 saturated carbocycles. The summed E-state index contributed by atoms with van der Waals surface area (Å²) in [5, 5.41) is 2.71. The van der Waals surface area contributed by atoms with Crippen molar-refractivity contribution in [2.45, 2.75) is 38.0 Å². The number of hydrogen-bond acceptors (Lipinski definition) is 6. The van der Waals surface area contributed by atoms with Gasteiger partial charge >= 0.3 is 0 Å². The third-order valence-corrected chi connectivity index (χ3v) is 7.47. The molecule has 0 spiro atoms. The van der Waals surface area contributed by atoms with E-state index in [-0.39, 0.29) is 28.6 Å². The summed E-state index contributed by atoms with van der Waals surface area (Å²) in [6.07, 6.45) is 0. The van der Waals surface area contributed by atoms with Crippen molar-refractivity contribution < 1.29 is 17.9 Å². The van der Waals surface area contributed by atoms with Gasteiger partial charge in [0.1, 0.15) is 17.4 Å². The average molecular weight is 531 g/mol. The highest BCUT2D eigenvalue weighted by molar-refractivity contribution is 7.92. The van der Waals surface area contributed by atoms with E-state index in [0.29, 0.717) is 23.0 Å². The first-order valence-electron chi connectivity index (χ1n) is 12.1. The van der Waals surface area contributed by atoms with E-state index in [9.17, 15) is 13.2 Å². The molecule has 0 radical (unpaired) electrons. The van der Waals surface area contributed by atoms with Gasteiger partial charge in [0.2, 0.25) is 0 Å². The number of aryl methyl sites for hydroxylation is 2. The quantitative estimate of drug-likeness (QED) is 0.306. The van der Waals surface area contributed by atoms with Gasteiger partial charge in [-0.2, -0.15) is 0 Å². The Balaban J connectivity index is 1.32. The molecule has 1 aromatic heterocycles. The molecule has 0 bridgehead atoms. The summed E-state index contributed by atoms with van der Waals surface area (Å²) in [4.78, 5) is 20.7. The number of nitrogens with one attached hydrogen (secondary N) is 2. The number of ether oxygens (including phenoxy) is 1. The van der Waals surface area contributed by atoms with Gasteiger partial charge in [0.05, 0.1) is 4.90 Å². The fourth-order valence-electron chi connectivity index (χ4n) is 4.02. The average Bonchev–Trinajstić information content (AvgIpc) is 2.88. The maximum Gasteiger partial charge on any atom is 0.263 e. The molecule has 4 aromatic rings. The minimum Gasteiger partial charge on any atom is -0.484 e. The number of nitrogens with zero attached hydrogens (tertiary/aromatic N) is 2. The van der Waals surface area contributed by atoms with E-state index in [1.807, 2.05) is 42.5 Å². The van der Waals surface area contributed by atoms with E-state index in [2.05, 4.69) is 46.0 Å². The van der Waals surface area contributed by atoms with Crippen LogP contribution in [0.1, 0.15) is 36.5 Å². The van der Waals surface area contributed by atoms with Gasteiger partial charge in [0.15, 0.2) is 6.61 Å². The van der Waals surface area contributed by atoms with Crippen LogP contribution in [0.4, 0.5) is 11.5 Å². The monoisotopic (exact) mass is 530 g/mol. The Bertz CT molecular complexity index is 1500. The second kappa shape index (κ2) is 11.0. The number of anilines is 2. The molecule has 9 heteroatoms. The van der Waals surface area contributed by atoms with Gasteiger partial charge in [0, 0.05) is 22.9 Å². The van der Waals surface area contributed by atoms with Gasteiger partial charge in [-0.25, -0.2) is 18.4 Å². The van der Waals surface area contributed by atoms with Crippen LogP contribution in [0.15, 0.2) is 89.8 Å². The van der Waals surface area contributed by atoms with Crippen molar-refractivity contribution in [1.29, 1.82) is 0 Å². The van der Waals surface area contributed by atoms with Gasteiger partial charge in [0.25, 0.3) is 15.9 Å². The third kappa shape index (κ3) is 6.54. The lowest BCUT2D eigenvalue weighted by Gasteiger charge is -2.26. The molecule has 0 aliphatic carbocycles. The standard InChI is InChI=1S/C29H30N4O4S/c1-20-18-27(31-21(2)30-20)33-38(35,36)26-16-12-24(13-17-26)32-28(34)19-37-25-14-10-23(11-15-25)29(3,4)22-8-6-5-7-9-22/h5-18H,19H2,1-4H3,(H,32,34)(H,30,31,33). The molecule has 0 saturated heterocycles. The topological polar surface area (TPSA) is 110 Å². The Hall–Kier alpha value is -4.24. The maximum atomic E-state index is 12.7. The number of benzene rings is 3. The van der Waals surface area contributed by atoms with Crippen molar-refractivity contribution >= 4 is 27.4 Å². The van der Waals surface area contributed by atoms with Crippen LogP contribution in [0.3, 0.4) is 0 Å². The zero-order chi connectivity index (χ0) is 27.3. The summed E-state index contributed by atoms with van der Waals surface area (Å²) < 4.78 is 33.5. The van der Waals surface area contributed by atoms with Gasteiger partial charge < -0.3 is 10.1 Å². The predicted molar refractivity (Wildman–Crippen MR) is 148 cm³/mol. The Labute approximate surface area is 223 Å². The molecular formula is C29H30N4O4S. The van der Waals surface area contributed by atoms with Crippen molar-refractivity contribution in [2.75, 3.05) is 16.6 Å². The number of sulfonamides is 1. The lowest BCUT2D eigenvalue weighted by Crippen LogP contribution is -2.21. The maximum absolute atomic E-state index is 12.7. The second-order valence-electron chi connectivity index (χ2n) is 9.42. The molecule has 0 aliphatic heterocycles. The second-order valence-corrected chi connectivity index (χ2v) is 11.1. The lowest BCUT2D eigenvalue weighted by molar-refractivity contribution is -0.118. The first-order valence-corrected chi connectivity index (χ1v) is 13.6. The van der Waals surface area contributed by atoms with Crippen LogP contribution in [0.2, 0.25) is 0 Å². The number of hydrogen-bond donors (Lipinski definition) is 2. The van der Waals surface area contributed by atoms with Crippen molar-refractivity contribution in [1.82, 2.24) is 9.97 Å². The van der Waals surface area contributed by atoms with Crippen LogP contribution in [0, 0.1) is 13.8 Å². The van der Waals surface area contributed by atoms with Crippen LogP contribution < -0.4 is 14.8 Å². The van der Waals surface area contributed by atoms with E-state index in [0.717, 1.165) is 5.56 Å². The summed E-state index contributed by atoms with van der Waals surface area (Å²) in [5.41, 5.74) is 3.28. The van der Waals surface area contributed by atoms with Gasteiger partial charge in [-0.05, 0) is 61.4 Å². The summed E-state index contributed by atoms with van der Waals surface area (Å²) >= 11 is 0. The molecule has 0 unspecified atom stereocenters. The first kappa shape index (κ1) is 26.8. The van der Waals surface area contributed by atoms with Gasteiger partial charge in [-0.1, -0.05) is 56.3 Å². The lowest BCUT2D eigenvalue weighted by atomic mass is 9.78. The smallest absolute Gasteiger partial charge is 0.263 e. The normalized spacial score (nSPS) is 11.6. The number of aromatic nitrogens is 2. The molecule has 0 atom stereocenters. The molecule has 196 valence electrons. The Kier molecular flexibility index (Phi) is 7.78. The molecule has 0 aliphatic rings. The first-order chi connectivity index (χ1) is 18.0. The van der Waals surface area contributed by atoms with Crippen molar-refractivity contribution in [2.24, 2.45) is 0 Å². The van der Waals surface area contributed by atoms with Crippen molar-refractivity contribution in [3.8, 4) is 5.75 Å². The number of carbonyl (C=O) groups excluding carboxylic acids is 1. The minimum atomic E-state index is -3.85. The fraction of sp³-hybridized carbons (Fsp3) is 0.207. The number of amides is 1. The number of carbonyl (C=O) groups is 1. The van der Waals surface area contributed by atoms with Crippen LogP contribution >= 0.6 is 0 Å². The highest BCUT2D eigenvalue weighted by atomic mass is 32.2. The highest BCUT2D eigenvalue weighted by Crippen LogP contribution is 2.32. The molecular weight excluding hydrogens is 500 g/mol. The van der Waals surface area contributed by atoms with E-state index in [1.165, 1.54) is 29.8 Å². The Morgan fingerprint density at radius 1 is 0.868 bits per heavy atom. The van der Waals surface area contributed by atoms with E-state index in [4.69, 9.17) is 4.74 Å². The zero-order valence-electron chi connectivity index (χ0n) is 21.7. The minimum absolute atomic E-state index is 0.0409. The fourth-order valence-corrected chi connectivity index (χ4v) is 5.01. The molecule has 2 N–H and O–H groups in total. The van der Waals surface area contributed by atoms with Crippen molar-refractivity contribution in [3.05, 3.63) is 108 Å². The zero-order valence-corrected chi connectivity index (χ0v) is 22.5. The summed E-state index contributed by atoms with van der Waals surface area (Å²) in [6, 6.07) is 25.4. The van der Waals surface area contributed by atoms with E-state index >= 15 is 0 Å². The molecule has 0 fully saturated rings. The molecule has 4 rings (SSSR count).